The molecular weight excluding hydrogens is 477 g/mol. The maximum absolute atomic E-state index is 11.0. The minimum absolute atomic E-state index is 0. The van der Waals surface area contributed by atoms with E-state index in [0.29, 0.717) is 12.6 Å². The first-order chi connectivity index (χ1) is 13.4. The Morgan fingerprint density at radius 2 is 1.90 bits per heavy atom. The van der Waals surface area contributed by atoms with Gasteiger partial charge in [0, 0.05) is 32.7 Å². The van der Waals surface area contributed by atoms with Gasteiger partial charge in [0.1, 0.15) is 0 Å². The fourth-order valence-corrected chi connectivity index (χ4v) is 3.67. The van der Waals surface area contributed by atoms with Crippen LogP contribution in [0.5, 0.6) is 0 Å². The topological polar surface area (TPSA) is 82.8 Å². The third-order valence-corrected chi connectivity index (χ3v) is 5.43. The van der Waals surface area contributed by atoms with Crippen LogP contribution >= 0.6 is 24.0 Å². The highest BCUT2D eigenvalue weighted by Gasteiger charge is 2.22. The number of rotatable bonds is 9. The van der Waals surface area contributed by atoms with Gasteiger partial charge in [-0.25, -0.2) is 0 Å². The fourth-order valence-electron chi connectivity index (χ4n) is 3.67. The van der Waals surface area contributed by atoms with E-state index in [1.807, 2.05) is 7.05 Å². The third-order valence-electron chi connectivity index (χ3n) is 5.43. The number of guanidine groups is 1. The van der Waals surface area contributed by atoms with Gasteiger partial charge < -0.3 is 16.4 Å². The van der Waals surface area contributed by atoms with Crippen molar-refractivity contribution in [2.75, 3.05) is 33.2 Å². The summed E-state index contributed by atoms with van der Waals surface area (Å²) in [5.41, 5.74) is 6.90. The van der Waals surface area contributed by atoms with Crippen molar-refractivity contribution in [2.24, 2.45) is 16.1 Å². The van der Waals surface area contributed by atoms with Gasteiger partial charge >= 0.3 is 0 Å². The highest BCUT2D eigenvalue weighted by atomic mass is 127. The van der Waals surface area contributed by atoms with E-state index >= 15 is 0 Å². The van der Waals surface area contributed by atoms with E-state index in [-0.39, 0.29) is 35.3 Å². The molecule has 0 bridgehead atoms. The Bertz CT molecular complexity index is 627. The number of likely N-dealkylation sites (tertiary alicyclic amines) is 1. The molecule has 0 atom stereocenters. The molecule has 0 spiro atoms. The molecular formula is C22H38IN5O. The lowest BCUT2D eigenvalue weighted by atomic mass is 9.86. The van der Waals surface area contributed by atoms with Crippen molar-refractivity contribution >= 4 is 35.8 Å². The van der Waals surface area contributed by atoms with Gasteiger partial charge in [0.15, 0.2) is 5.96 Å². The van der Waals surface area contributed by atoms with Gasteiger partial charge in [-0.05, 0) is 43.1 Å². The number of hydrogen-bond donors (Lipinski definition) is 3. The second kappa shape index (κ2) is 13.1. The molecule has 29 heavy (non-hydrogen) atoms. The van der Waals surface area contributed by atoms with Crippen LogP contribution in [0, 0.1) is 5.41 Å². The number of nitrogens with two attached hydrogens (primary N) is 1. The zero-order chi connectivity index (χ0) is 20.4. The van der Waals surface area contributed by atoms with Gasteiger partial charge in [0.25, 0.3) is 0 Å². The van der Waals surface area contributed by atoms with Crippen molar-refractivity contribution in [3.8, 4) is 0 Å². The molecule has 1 fully saturated rings. The maximum Gasteiger partial charge on any atom is 0.231 e. The molecule has 1 aliphatic rings. The summed E-state index contributed by atoms with van der Waals surface area (Å²) in [6, 6.07) is 11.1. The van der Waals surface area contributed by atoms with Crippen molar-refractivity contribution in [2.45, 2.75) is 52.0 Å². The molecule has 4 N–H and O–H groups in total. The second-order valence-electron chi connectivity index (χ2n) is 8.59. The Kier molecular flexibility index (Phi) is 11.6. The first kappa shape index (κ1) is 25.7. The summed E-state index contributed by atoms with van der Waals surface area (Å²) in [4.78, 5) is 17.5. The van der Waals surface area contributed by atoms with Crippen LogP contribution in [0.2, 0.25) is 0 Å². The molecule has 1 aliphatic heterocycles. The molecule has 1 aromatic rings. The number of carbonyl (C=O) groups excluding carboxylic acids is 1. The summed E-state index contributed by atoms with van der Waals surface area (Å²) in [5, 5.41) is 7.03. The molecule has 0 aromatic heterocycles. The van der Waals surface area contributed by atoms with Crippen molar-refractivity contribution in [3.63, 3.8) is 0 Å². The zero-order valence-corrected chi connectivity index (χ0v) is 20.4. The standard InChI is InChI=1S/C22H37N5O.HI/c1-22(2,13-7-10-18-8-5-4-6-9-18)17-25-21(24-3)26-19-11-14-27(15-12-19)16-20(23)28;/h4-6,8-9,19H,7,10-17H2,1-3H3,(H2,23,28)(H2,24,25,26);1H. The predicted molar refractivity (Wildman–Crippen MR) is 132 cm³/mol. The van der Waals surface area contributed by atoms with Gasteiger partial charge in [0.2, 0.25) is 5.91 Å². The van der Waals surface area contributed by atoms with Crippen LogP contribution in [-0.2, 0) is 11.2 Å². The number of aryl methyl sites for hydroxylation is 1. The van der Waals surface area contributed by atoms with E-state index in [0.717, 1.165) is 51.3 Å². The van der Waals surface area contributed by atoms with Crippen molar-refractivity contribution in [3.05, 3.63) is 35.9 Å². The SMILES string of the molecule is CN=C(NCC(C)(C)CCCc1ccccc1)NC1CCN(CC(N)=O)CC1.I. The van der Waals surface area contributed by atoms with Crippen LogP contribution in [0.1, 0.15) is 45.1 Å². The number of benzene rings is 1. The summed E-state index contributed by atoms with van der Waals surface area (Å²) in [5.74, 6) is 0.614. The Morgan fingerprint density at radius 3 is 2.48 bits per heavy atom. The number of carbonyl (C=O) groups is 1. The highest BCUT2D eigenvalue weighted by Crippen LogP contribution is 2.22. The maximum atomic E-state index is 11.0. The Balaban J connectivity index is 0.00000420. The number of nitrogens with zero attached hydrogens (tertiary/aromatic N) is 2. The van der Waals surface area contributed by atoms with Crippen molar-refractivity contribution in [1.82, 2.24) is 15.5 Å². The summed E-state index contributed by atoms with van der Waals surface area (Å²) < 4.78 is 0. The van der Waals surface area contributed by atoms with E-state index in [1.54, 1.807) is 0 Å². The average molecular weight is 515 g/mol. The molecule has 1 heterocycles. The summed E-state index contributed by atoms with van der Waals surface area (Å²) in [6.45, 7) is 7.64. The molecule has 164 valence electrons. The second-order valence-corrected chi connectivity index (χ2v) is 8.59. The van der Waals surface area contributed by atoms with Crippen LogP contribution in [0.3, 0.4) is 0 Å². The van der Waals surface area contributed by atoms with Crippen LogP contribution < -0.4 is 16.4 Å². The van der Waals surface area contributed by atoms with Gasteiger partial charge in [-0.3, -0.25) is 14.7 Å². The van der Waals surface area contributed by atoms with Crippen LogP contribution in [0.4, 0.5) is 0 Å². The number of piperidine rings is 1. The van der Waals surface area contributed by atoms with E-state index in [2.05, 4.69) is 64.7 Å². The molecule has 1 amide bonds. The number of amides is 1. The molecule has 7 heteroatoms. The van der Waals surface area contributed by atoms with Gasteiger partial charge in [-0.2, -0.15) is 0 Å². The normalized spacial score (nSPS) is 16.2. The Morgan fingerprint density at radius 1 is 1.24 bits per heavy atom. The lowest BCUT2D eigenvalue weighted by molar-refractivity contribution is -0.119. The van der Waals surface area contributed by atoms with Crippen molar-refractivity contribution in [1.29, 1.82) is 0 Å². The fraction of sp³-hybridized carbons (Fsp3) is 0.636. The quantitative estimate of drug-likeness (QED) is 0.269. The average Bonchev–Trinajstić information content (AvgIpc) is 2.67. The zero-order valence-electron chi connectivity index (χ0n) is 18.1. The molecule has 6 nitrogen and oxygen atoms in total. The van der Waals surface area contributed by atoms with Gasteiger partial charge in [0.05, 0.1) is 6.54 Å². The minimum Gasteiger partial charge on any atom is -0.369 e. The van der Waals surface area contributed by atoms with E-state index in [4.69, 9.17) is 5.73 Å². The smallest absolute Gasteiger partial charge is 0.231 e. The molecule has 0 aliphatic carbocycles. The molecule has 0 radical (unpaired) electrons. The largest absolute Gasteiger partial charge is 0.369 e. The molecule has 1 aromatic carbocycles. The van der Waals surface area contributed by atoms with Crippen LogP contribution in [0.25, 0.3) is 0 Å². The first-order valence-corrected chi connectivity index (χ1v) is 10.4. The van der Waals surface area contributed by atoms with E-state index in [9.17, 15) is 4.79 Å². The molecule has 0 saturated carbocycles. The lowest BCUT2D eigenvalue weighted by Gasteiger charge is -2.33. The van der Waals surface area contributed by atoms with Gasteiger partial charge in [-0.15, -0.1) is 24.0 Å². The third kappa shape index (κ3) is 10.3. The monoisotopic (exact) mass is 515 g/mol. The summed E-state index contributed by atoms with van der Waals surface area (Å²) >= 11 is 0. The van der Waals surface area contributed by atoms with Gasteiger partial charge in [-0.1, -0.05) is 44.2 Å². The first-order valence-electron chi connectivity index (χ1n) is 10.4. The van der Waals surface area contributed by atoms with Crippen molar-refractivity contribution < 1.29 is 4.79 Å². The lowest BCUT2D eigenvalue weighted by Crippen LogP contribution is -2.51. The van der Waals surface area contributed by atoms with Crippen LogP contribution in [0.15, 0.2) is 35.3 Å². The number of primary amides is 1. The molecule has 0 unspecified atom stereocenters. The molecule has 1 saturated heterocycles. The number of aliphatic imine (C=N–C) groups is 1. The number of nitrogens with one attached hydrogen (secondary N) is 2. The van der Waals surface area contributed by atoms with Crippen LogP contribution in [-0.4, -0.2) is 56.0 Å². The Hall–Kier alpha value is -1.35. The van der Waals surface area contributed by atoms with E-state index in [1.165, 1.54) is 12.0 Å². The summed E-state index contributed by atoms with van der Waals surface area (Å²) in [6.07, 6.45) is 5.46. The number of halogens is 1. The predicted octanol–water partition coefficient (Wildman–Crippen LogP) is 2.77. The highest BCUT2D eigenvalue weighted by molar-refractivity contribution is 14.0. The minimum atomic E-state index is -0.251. The van der Waals surface area contributed by atoms with E-state index < -0.39 is 0 Å². The molecule has 2 rings (SSSR count). The Labute approximate surface area is 193 Å². The number of hydrogen-bond acceptors (Lipinski definition) is 3. The summed E-state index contributed by atoms with van der Waals surface area (Å²) in [7, 11) is 1.82.